The number of amides is 1. The Morgan fingerprint density at radius 2 is 1.60 bits per heavy atom. The molecule has 0 radical (unpaired) electrons. The molecule has 0 aliphatic rings. The SMILES string of the molecule is CS(=O)(=O)c1ccc2nc(N(Cc3ccco3)C(=O)C(c3ccccc3)c3ccccc3)sc2c1. The van der Waals surface area contributed by atoms with Gasteiger partial charge in [-0.05, 0) is 41.5 Å². The Morgan fingerprint density at radius 3 is 2.17 bits per heavy atom. The van der Waals surface area contributed by atoms with Crippen LogP contribution < -0.4 is 4.90 Å². The minimum atomic E-state index is -3.36. The van der Waals surface area contributed by atoms with Crippen molar-refractivity contribution in [2.24, 2.45) is 0 Å². The lowest BCUT2D eigenvalue weighted by atomic mass is 9.90. The van der Waals surface area contributed by atoms with Crippen LogP contribution in [0.4, 0.5) is 5.13 Å². The topological polar surface area (TPSA) is 80.5 Å². The standard InChI is InChI=1S/C27H22N2O4S2/c1-35(31,32)22-14-15-23-24(17-22)34-27(28-23)29(18-21-13-8-16-33-21)26(30)25(19-9-4-2-5-10-19)20-11-6-3-7-12-20/h2-17,25H,18H2,1H3. The molecule has 0 N–H and O–H groups in total. The average molecular weight is 503 g/mol. The van der Waals surface area contributed by atoms with Gasteiger partial charge in [-0.2, -0.15) is 0 Å². The van der Waals surface area contributed by atoms with Crippen molar-refractivity contribution >= 4 is 42.4 Å². The van der Waals surface area contributed by atoms with Crippen LogP contribution in [0, 0.1) is 0 Å². The van der Waals surface area contributed by atoms with Crippen LogP contribution in [-0.2, 0) is 21.2 Å². The molecule has 0 saturated carbocycles. The summed E-state index contributed by atoms with van der Waals surface area (Å²) in [5.41, 5.74) is 2.37. The molecule has 0 spiro atoms. The van der Waals surface area contributed by atoms with E-state index >= 15 is 0 Å². The quantitative estimate of drug-likeness (QED) is 0.287. The molecule has 0 fully saturated rings. The van der Waals surface area contributed by atoms with Gasteiger partial charge in [-0.3, -0.25) is 9.69 Å². The van der Waals surface area contributed by atoms with Crippen LogP contribution in [-0.4, -0.2) is 25.6 Å². The number of carbonyl (C=O) groups is 1. The zero-order valence-electron chi connectivity index (χ0n) is 18.9. The van der Waals surface area contributed by atoms with E-state index in [1.807, 2.05) is 66.7 Å². The number of rotatable bonds is 7. The second-order valence-electron chi connectivity index (χ2n) is 8.16. The normalized spacial score (nSPS) is 11.7. The van der Waals surface area contributed by atoms with E-state index in [4.69, 9.17) is 9.40 Å². The monoisotopic (exact) mass is 502 g/mol. The van der Waals surface area contributed by atoms with Crippen molar-refractivity contribution in [1.29, 1.82) is 0 Å². The summed E-state index contributed by atoms with van der Waals surface area (Å²) in [5, 5.41) is 0.476. The van der Waals surface area contributed by atoms with Gasteiger partial charge in [0.15, 0.2) is 15.0 Å². The third kappa shape index (κ3) is 4.89. The van der Waals surface area contributed by atoms with Gasteiger partial charge >= 0.3 is 0 Å². The Morgan fingerprint density at radius 1 is 0.943 bits per heavy atom. The highest BCUT2D eigenvalue weighted by Gasteiger charge is 2.31. The number of carbonyl (C=O) groups excluding carboxylic acids is 1. The molecular weight excluding hydrogens is 480 g/mol. The molecule has 0 saturated heterocycles. The number of hydrogen-bond acceptors (Lipinski definition) is 6. The van der Waals surface area contributed by atoms with Gasteiger partial charge in [-0.25, -0.2) is 13.4 Å². The second-order valence-corrected chi connectivity index (χ2v) is 11.2. The van der Waals surface area contributed by atoms with Crippen molar-refractivity contribution in [3.05, 3.63) is 114 Å². The number of aromatic nitrogens is 1. The van der Waals surface area contributed by atoms with Crippen molar-refractivity contribution in [1.82, 2.24) is 4.98 Å². The molecule has 0 unspecified atom stereocenters. The predicted molar refractivity (Wildman–Crippen MR) is 137 cm³/mol. The molecule has 0 atom stereocenters. The number of nitrogens with zero attached hydrogens (tertiary/aromatic N) is 2. The van der Waals surface area contributed by atoms with E-state index in [9.17, 15) is 13.2 Å². The third-order valence-corrected chi connectivity index (χ3v) is 7.83. The lowest BCUT2D eigenvalue weighted by Crippen LogP contribution is -2.35. The van der Waals surface area contributed by atoms with Gasteiger partial charge in [0.25, 0.3) is 0 Å². The van der Waals surface area contributed by atoms with Gasteiger partial charge in [0.2, 0.25) is 5.91 Å². The van der Waals surface area contributed by atoms with Crippen LogP contribution in [0.5, 0.6) is 0 Å². The van der Waals surface area contributed by atoms with E-state index in [1.54, 1.807) is 29.4 Å². The minimum Gasteiger partial charge on any atom is -0.467 e. The molecule has 8 heteroatoms. The number of furan rings is 1. The smallest absolute Gasteiger partial charge is 0.241 e. The van der Waals surface area contributed by atoms with Crippen molar-refractivity contribution in [2.45, 2.75) is 17.4 Å². The number of fused-ring (bicyclic) bond motifs is 1. The molecule has 5 rings (SSSR count). The number of hydrogen-bond donors (Lipinski definition) is 0. The predicted octanol–water partition coefficient (Wildman–Crippen LogP) is 5.66. The van der Waals surface area contributed by atoms with E-state index < -0.39 is 15.8 Å². The summed E-state index contributed by atoms with van der Waals surface area (Å²) < 4.78 is 30.4. The maximum Gasteiger partial charge on any atom is 0.241 e. The molecule has 3 aromatic carbocycles. The first-order valence-electron chi connectivity index (χ1n) is 10.9. The third-order valence-electron chi connectivity index (χ3n) is 5.68. The van der Waals surface area contributed by atoms with Gasteiger partial charge in [-0.1, -0.05) is 72.0 Å². The van der Waals surface area contributed by atoms with Crippen LogP contribution in [0.2, 0.25) is 0 Å². The number of thiazole rings is 1. The van der Waals surface area contributed by atoms with Gasteiger partial charge in [0.1, 0.15) is 5.76 Å². The lowest BCUT2D eigenvalue weighted by molar-refractivity contribution is -0.119. The molecule has 176 valence electrons. The Balaban J connectivity index is 1.62. The van der Waals surface area contributed by atoms with Crippen LogP contribution >= 0.6 is 11.3 Å². The molecule has 35 heavy (non-hydrogen) atoms. The van der Waals surface area contributed by atoms with E-state index in [0.717, 1.165) is 11.1 Å². The summed E-state index contributed by atoms with van der Waals surface area (Å²) in [6, 6.07) is 27.7. The maximum atomic E-state index is 14.2. The Hall–Kier alpha value is -3.75. The van der Waals surface area contributed by atoms with Crippen molar-refractivity contribution in [3.63, 3.8) is 0 Å². The summed E-state index contributed by atoms with van der Waals surface area (Å²) in [6.45, 7) is 0.195. The van der Waals surface area contributed by atoms with Crippen LogP contribution in [0.1, 0.15) is 22.8 Å². The zero-order valence-corrected chi connectivity index (χ0v) is 20.5. The van der Waals surface area contributed by atoms with E-state index in [-0.39, 0.29) is 17.3 Å². The lowest BCUT2D eigenvalue weighted by Gasteiger charge is -2.25. The molecule has 5 aromatic rings. The van der Waals surface area contributed by atoms with Gasteiger partial charge in [-0.15, -0.1) is 0 Å². The molecule has 6 nitrogen and oxygen atoms in total. The number of anilines is 1. The number of benzene rings is 3. The first-order valence-corrected chi connectivity index (χ1v) is 13.7. The van der Waals surface area contributed by atoms with E-state index in [2.05, 4.69) is 0 Å². The van der Waals surface area contributed by atoms with E-state index in [1.165, 1.54) is 23.7 Å². The average Bonchev–Trinajstić information content (AvgIpc) is 3.52. The first-order chi connectivity index (χ1) is 16.9. The maximum absolute atomic E-state index is 14.2. The zero-order chi connectivity index (χ0) is 24.4. The number of sulfone groups is 1. The van der Waals surface area contributed by atoms with E-state index in [0.29, 0.717) is 21.1 Å². The van der Waals surface area contributed by atoms with Crippen LogP contribution in [0.15, 0.2) is 107 Å². The summed E-state index contributed by atoms with van der Waals surface area (Å²) in [6.07, 6.45) is 2.74. The summed E-state index contributed by atoms with van der Waals surface area (Å²) in [7, 11) is -3.36. The molecule has 0 aliphatic carbocycles. The second kappa shape index (κ2) is 9.48. The fraction of sp³-hybridized carbons (Fsp3) is 0.111. The highest BCUT2D eigenvalue weighted by atomic mass is 32.2. The summed E-state index contributed by atoms with van der Waals surface area (Å²) >= 11 is 1.28. The summed E-state index contributed by atoms with van der Waals surface area (Å²) in [5.74, 6) is -0.0820. The van der Waals surface area contributed by atoms with Crippen molar-refractivity contribution in [2.75, 3.05) is 11.2 Å². The van der Waals surface area contributed by atoms with Gasteiger partial charge in [0, 0.05) is 6.26 Å². The van der Waals surface area contributed by atoms with Gasteiger partial charge < -0.3 is 4.42 Å². The molecule has 1 amide bonds. The highest BCUT2D eigenvalue weighted by Crippen LogP contribution is 2.35. The Kier molecular flexibility index (Phi) is 6.23. The Labute approximate surface area is 207 Å². The molecule has 2 heterocycles. The highest BCUT2D eigenvalue weighted by molar-refractivity contribution is 7.90. The molecule has 0 bridgehead atoms. The molecule has 0 aliphatic heterocycles. The van der Waals surface area contributed by atoms with Crippen LogP contribution in [0.3, 0.4) is 0 Å². The van der Waals surface area contributed by atoms with Crippen molar-refractivity contribution < 1.29 is 17.6 Å². The molecular formula is C27H22N2O4S2. The van der Waals surface area contributed by atoms with Crippen molar-refractivity contribution in [3.8, 4) is 0 Å². The molecule has 2 aromatic heterocycles. The Bertz CT molecular complexity index is 1520. The largest absolute Gasteiger partial charge is 0.467 e. The van der Waals surface area contributed by atoms with Crippen LogP contribution in [0.25, 0.3) is 10.2 Å². The van der Waals surface area contributed by atoms with Gasteiger partial charge in [0.05, 0.1) is 33.8 Å². The summed E-state index contributed by atoms with van der Waals surface area (Å²) in [4.78, 5) is 20.8. The fourth-order valence-corrected chi connectivity index (χ4v) is 5.69. The first kappa shape index (κ1) is 23.0. The minimum absolute atomic E-state index is 0.152. The fourth-order valence-electron chi connectivity index (χ4n) is 3.96.